The summed E-state index contributed by atoms with van der Waals surface area (Å²) in [6, 6.07) is 6.33. The molecule has 2 atom stereocenters. The molecule has 1 rings (SSSR count). The minimum atomic E-state index is -0.967. The zero-order chi connectivity index (χ0) is 12.8. The number of benzene rings is 1. The van der Waals surface area contributed by atoms with Crippen molar-refractivity contribution in [3.8, 4) is 5.75 Å². The first-order valence-electron chi connectivity index (χ1n) is 5.25. The van der Waals surface area contributed by atoms with Gasteiger partial charge in [-0.2, -0.15) is 0 Å². The van der Waals surface area contributed by atoms with E-state index in [0.29, 0.717) is 11.4 Å². The number of ether oxygens (including phenoxy) is 2. The van der Waals surface area contributed by atoms with Gasteiger partial charge in [0.2, 0.25) is 0 Å². The fourth-order valence-electron chi connectivity index (χ4n) is 1.45. The van der Waals surface area contributed by atoms with E-state index in [-0.39, 0.29) is 0 Å². The van der Waals surface area contributed by atoms with Crippen molar-refractivity contribution in [3.05, 3.63) is 24.3 Å². The van der Waals surface area contributed by atoms with Gasteiger partial charge in [-0.15, -0.1) is 0 Å². The van der Waals surface area contributed by atoms with E-state index in [1.807, 2.05) is 6.07 Å². The first-order chi connectivity index (χ1) is 8.10. The molecule has 1 aromatic rings. The lowest BCUT2D eigenvalue weighted by Gasteiger charge is -2.22. The van der Waals surface area contributed by atoms with Gasteiger partial charge < -0.3 is 19.9 Å². The van der Waals surface area contributed by atoms with Crippen LogP contribution in [0.2, 0.25) is 0 Å². The maximum atomic E-state index is 11.1. The van der Waals surface area contributed by atoms with Crippen LogP contribution in [0, 0.1) is 0 Å². The largest absolute Gasteiger partial charge is 0.495 e. The predicted molar refractivity (Wildman–Crippen MR) is 64.5 cm³/mol. The van der Waals surface area contributed by atoms with Gasteiger partial charge in [0.15, 0.2) is 6.04 Å². The molecule has 5 heteroatoms. The molecule has 2 N–H and O–H groups in total. The predicted octanol–water partition coefficient (Wildman–Crippen LogP) is 1.60. The Morgan fingerprint density at radius 1 is 1.35 bits per heavy atom. The molecule has 0 aliphatic heterocycles. The van der Waals surface area contributed by atoms with Crippen LogP contribution in [-0.2, 0) is 9.53 Å². The minimum Gasteiger partial charge on any atom is -0.495 e. The molecule has 0 aliphatic rings. The lowest BCUT2D eigenvalue weighted by molar-refractivity contribution is -0.140. The van der Waals surface area contributed by atoms with E-state index in [1.54, 1.807) is 25.1 Å². The van der Waals surface area contributed by atoms with Gasteiger partial charge in [-0.25, -0.2) is 4.79 Å². The van der Waals surface area contributed by atoms with Gasteiger partial charge in [-0.3, -0.25) is 0 Å². The Balaban J connectivity index is 2.89. The third-order valence-electron chi connectivity index (χ3n) is 2.53. The number of aliphatic carboxylic acids is 1. The van der Waals surface area contributed by atoms with Crippen LogP contribution >= 0.6 is 0 Å². The van der Waals surface area contributed by atoms with Crippen molar-refractivity contribution in [1.29, 1.82) is 0 Å². The molecule has 2 unspecified atom stereocenters. The zero-order valence-electron chi connectivity index (χ0n) is 10.1. The lowest BCUT2D eigenvalue weighted by Crippen LogP contribution is -2.40. The topological polar surface area (TPSA) is 67.8 Å². The fraction of sp³-hybridized carbons (Fsp3) is 0.417. The number of nitrogens with one attached hydrogen (secondary N) is 1. The smallest absolute Gasteiger partial charge is 0.328 e. The second kappa shape index (κ2) is 6.10. The molecule has 0 saturated carbocycles. The van der Waals surface area contributed by atoms with Crippen molar-refractivity contribution in [2.24, 2.45) is 0 Å². The molecule has 1 aromatic carbocycles. The molecule has 0 heterocycles. The number of para-hydroxylation sites is 2. The molecule has 0 bridgehead atoms. The standard InChI is InChI=1S/C12H17NO4/c1-8(16-2)11(12(14)15)13-9-6-4-5-7-10(9)17-3/h4-8,11,13H,1-3H3,(H,14,15). The van der Waals surface area contributed by atoms with E-state index >= 15 is 0 Å². The summed E-state index contributed by atoms with van der Waals surface area (Å²) in [5.74, 6) is -0.368. The van der Waals surface area contributed by atoms with Gasteiger partial charge >= 0.3 is 5.97 Å². The Hall–Kier alpha value is -1.75. The average molecular weight is 239 g/mol. The number of carboxylic acids is 1. The average Bonchev–Trinajstić information content (AvgIpc) is 2.35. The summed E-state index contributed by atoms with van der Waals surface area (Å²) in [5.41, 5.74) is 0.631. The maximum Gasteiger partial charge on any atom is 0.328 e. The molecule has 17 heavy (non-hydrogen) atoms. The molecule has 0 radical (unpaired) electrons. The molecular formula is C12H17NO4. The van der Waals surface area contributed by atoms with Crippen LogP contribution in [0.1, 0.15) is 6.92 Å². The van der Waals surface area contributed by atoms with Crippen molar-refractivity contribution in [2.45, 2.75) is 19.1 Å². The Labute approximate surface area is 100 Å². The molecule has 0 fully saturated rings. The van der Waals surface area contributed by atoms with Crippen LogP contribution in [0.4, 0.5) is 5.69 Å². The van der Waals surface area contributed by atoms with Gasteiger partial charge in [0.05, 0.1) is 18.9 Å². The number of hydrogen-bond acceptors (Lipinski definition) is 4. The molecule has 0 amide bonds. The van der Waals surface area contributed by atoms with Crippen LogP contribution in [0.15, 0.2) is 24.3 Å². The Bertz CT molecular complexity index is 381. The molecule has 0 spiro atoms. The summed E-state index contributed by atoms with van der Waals surface area (Å²) in [4.78, 5) is 11.1. The number of anilines is 1. The number of hydrogen-bond donors (Lipinski definition) is 2. The van der Waals surface area contributed by atoms with Gasteiger partial charge in [0.1, 0.15) is 5.75 Å². The highest BCUT2D eigenvalue weighted by Gasteiger charge is 2.25. The van der Waals surface area contributed by atoms with Crippen LogP contribution < -0.4 is 10.1 Å². The van der Waals surface area contributed by atoms with E-state index in [4.69, 9.17) is 14.6 Å². The van der Waals surface area contributed by atoms with Crippen molar-refractivity contribution < 1.29 is 19.4 Å². The quantitative estimate of drug-likeness (QED) is 0.789. The number of rotatable bonds is 6. The Morgan fingerprint density at radius 2 is 2.00 bits per heavy atom. The maximum absolute atomic E-state index is 11.1. The molecule has 94 valence electrons. The third kappa shape index (κ3) is 3.35. The van der Waals surface area contributed by atoms with Crippen molar-refractivity contribution in [3.63, 3.8) is 0 Å². The minimum absolute atomic E-state index is 0.447. The highest BCUT2D eigenvalue weighted by Crippen LogP contribution is 2.24. The van der Waals surface area contributed by atoms with Gasteiger partial charge in [0, 0.05) is 7.11 Å². The van der Waals surface area contributed by atoms with E-state index in [2.05, 4.69) is 5.32 Å². The van der Waals surface area contributed by atoms with Gasteiger partial charge in [-0.05, 0) is 19.1 Å². The second-order valence-corrected chi connectivity index (χ2v) is 3.60. The lowest BCUT2D eigenvalue weighted by atomic mass is 10.1. The van der Waals surface area contributed by atoms with E-state index < -0.39 is 18.1 Å². The van der Waals surface area contributed by atoms with E-state index in [0.717, 1.165) is 0 Å². The molecule has 0 saturated heterocycles. The summed E-state index contributed by atoms with van der Waals surface area (Å²) >= 11 is 0. The zero-order valence-corrected chi connectivity index (χ0v) is 10.1. The first-order valence-corrected chi connectivity index (χ1v) is 5.25. The summed E-state index contributed by atoms with van der Waals surface area (Å²) < 4.78 is 10.2. The monoisotopic (exact) mass is 239 g/mol. The first kappa shape index (κ1) is 13.3. The fourth-order valence-corrected chi connectivity index (χ4v) is 1.45. The summed E-state index contributed by atoms with van der Waals surface area (Å²) in [5, 5.41) is 12.0. The van der Waals surface area contributed by atoms with E-state index in [1.165, 1.54) is 14.2 Å². The molecule has 0 aliphatic carbocycles. The Morgan fingerprint density at radius 3 is 2.53 bits per heavy atom. The highest BCUT2D eigenvalue weighted by atomic mass is 16.5. The molecule has 0 aromatic heterocycles. The second-order valence-electron chi connectivity index (χ2n) is 3.60. The van der Waals surface area contributed by atoms with Crippen molar-refractivity contribution >= 4 is 11.7 Å². The highest BCUT2D eigenvalue weighted by molar-refractivity contribution is 5.79. The SMILES string of the molecule is COc1ccccc1NC(C(=O)O)C(C)OC. The van der Waals surface area contributed by atoms with Gasteiger partial charge in [-0.1, -0.05) is 12.1 Å². The molecular weight excluding hydrogens is 222 g/mol. The normalized spacial score (nSPS) is 13.8. The summed E-state index contributed by atoms with van der Waals surface area (Å²) in [7, 11) is 3.01. The van der Waals surface area contributed by atoms with Crippen molar-refractivity contribution in [2.75, 3.05) is 19.5 Å². The van der Waals surface area contributed by atoms with Crippen LogP contribution in [0.5, 0.6) is 5.75 Å². The van der Waals surface area contributed by atoms with Crippen LogP contribution in [0.3, 0.4) is 0 Å². The van der Waals surface area contributed by atoms with E-state index in [9.17, 15) is 4.79 Å². The summed E-state index contributed by atoms with van der Waals surface area (Å²) in [6.45, 7) is 1.70. The number of methoxy groups -OCH3 is 2. The molecule has 5 nitrogen and oxygen atoms in total. The van der Waals surface area contributed by atoms with Crippen molar-refractivity contribution in [1.82, 2.24) is 0 Å². The number of carbonyl (C=O) groups is 1. The Kier molecular flexibility index (Phi) is 4.78. The van der Waals surface area contributed by atoms with Gasteiger partial charge in [0.25, 0.3) is 0 Å². The third-order valence-corrected chi connectivity index (χ3v) is 2.53. The number of carboxylic acid groups (broad SMARTS) is 1. The van der Waals surface area contributed by atoms with Crippen LogP contribution in [-0.4, -0.2) is 37.4 Å². The van der Waals surface area contributed by atoms with Crippen LogP contribution in [0.25, 0.3) is 0 Å². The summed E-state index contributed by atoms with van der Waals surface area (Å²) in [6.07, 6.45) is -0.447.